The Balaban J connectivity index is 1.83. The topological polar surface area (TPSA) is 45.6 Å². The van der Waals surface area contributed by atoms with Gasteiger partial charge in [0.1, 0.15) is 5.75 Å². The Kier molecular flexibility index (Phi) is 4.79. The second-order valence-electron chi connectivity index (χ2n) is 6.56. The fraction of sp³-hybridized carbons (Fsp3) is 0.174. The molecular formula is C23H23N3O. The maximum Gasteiger partial charge on any atom is 0.119 e. The van der Waals surface area contributed by atoms with Crippen LogP contribution in [0.25, 0.3) is 0 Å². The van der Waals surface area contributed by atoms with E-state index < -0.39 is 0 Å². The second-order valence-corrected chi connectivity index (χ2v) is 6.56. The van der Waals surface area contributed by atoms with Crippen LogP contribution >= 0.6 is 0 Å². The van der Waals surface area contributed by atoms with Gasteiger partial charge in [-0.1, -0.05) is 60.7 Å². The van der Waals surface area contributed by atoms with Crippen LogP contribution in [-0.2, 0) is 0 Å². The Morgan fingerprint density at radius 1 is 0.926 bits per heavy atom. The van der Waals surface area contributed by atoms with Crippen molar-refractivity contribution in [2.45, 2.75) is 12.0 Å². The van der Waals surface area contributed by atoms with E-state index in [-0.39, 0.29) is 12.0 Å². The van der Waals surface area contributed by atoms with Gasteiger partial charge in [0.25, 0.3) is 0 Å². The molecule has 4 nitrogen and oxygen atoms in total. The summed E-state index contributed by atoms with van der Waals surface area (Å²) >= 11 is 0. The summed E-state index contributed by atoms with van der Waals surface area (Å²) in [5.74, 6) is 0.919. The predicted octanol–water partition coefficient (Wildman–Crippen LogP) is 4.57. The molecular weight excluding hydrogens is 334 g/mol. The molecule has 0 radical (unpaired) electrons. The average molecular weight is 357 g/mol. The van der Waals surface area contributed by atoms with Gasteiger partial charge in [0.15, 0.2) is 0 Å². The number of benzene rings is 3. The first-order valence-corrected chi connectivity index (χ1v) is 9.11. The molecule has 0 amide bonds. The Labute approximate surface area is 159 Å². The first-order valence-electron chi connectivity index (χ1n) is 9.11. The van der Waals surface area contributed by atoms with Gasteiger partial charge in [-0.3, -0.25) is 0 Å². The van der Waals surface area contributed by atoms with Crippen molar-refractivity contribution in [1.82, 2.24) is 5.43 Å². The van der Waals surface area contributed by atoms with Gasteiger partial charge in [0.2, 0.25) is 0 Å². The first kappa shape index (κ1) is 17.2. The molecule has 4 rings (SSSR count). The minimum atomic E-state index is 0.0712. The summed E-state index contributed by atoms with van der Waals surface area (Å²) in [4.78, 5) is 0. The number of rotatable bonds is 5. The van der Waals surface area contributed by atoms with E-state index in [1.807, 2.05) is 31.3 Å². The third-order valence-corrected chi connectivity index (χ3v) is 5.04. The summed E-state index contributed by atoms with van der Waals surface area (Å²) in [6, 6.07) is 27.1. The molecule has 1 heterocycles. The Bertz CT molecular complexity index is 953. The summed E-state index contributed by atoms with van der Waals surface area (Å²) in [7, 11) is 3.65. The lowest BCUT2D eigenvalue weighted by atomic mass is 9.81. The molecule has 136 valence electrons. The van der Waals surface area contributed by atoms with Crippen LogP contribution in [0.5, 0.6) is 5.75 Å². The normalized spacial score (nSPS) is 18.5. The second kappa shape index (κ2) is 7.54. The lowest BCUT2D eigenvalue weighted by Crippen LogP contribution is -2.21. The molecule has 0 saturated carbocycles. The first-order chi connectivity index (χ1) is 13.3. The largest absolute Gasteiger partial charge is 0.497 e. The number of nitrogens with zero attached hydrogens (tertiary/aromatic N) is 1. The van der Waals surface area contributed by atoms with Crippen molar-refractivity contribution in [3.8, 4) is 5.75 Å². The SMILES string of the molecule is CNc1ccccc1C1C(c2cccc(OC)c2)=NNC1c1ccccc1. The van der Waals surface area contributed by atoms with Crippen LogP contribution in [0, 0.1) is 0 Å². The number of methoxy groups -OCH3 is 1. The molecule has 2 unspecified atom stereocenters. The molecule has 0 bridgehead atoms. The van der Waals surface area contributed by atoms with Crippen molar-refractivity contribution in [1.29, 1.82) is 0 Å². The van der Waals surface area contributed by atoms with Gasteiger partial charge < -0.3 is 15.5 Å². The van der Waals surface area contributed by atoms with Crippen molar-refractivity contribution in [2.75, 3.05) is 19.5 Å². The molecule has 3 aromatic rings. The van der Waals surface area contributed by atoms with E-state index in [1.165, 1.54) is 11.1 Å². The van der Waals surface area contributed by atoms with Crippen LogP contribution in [0.1, 0.15) is 28.7 Å². The molecule has 0 aliphatic carbocycles. The Morgan fingerprint density at radius 2 is 1.70 bits per heavy atom. The van der Waals surface area contributed by atoms with Gasteiger partial charge in [-0.2, -0.15) is 5.10 Å². The summed E-state index contributed by atoms with van der Waals surface area (Å²) in [6.07, 6.45) is 0. The maximum atomic E-state index is 5.42. The molecule has 3 aromatic carbocycles. The van der Waals surface area contributed by atoms with Crippen LogP contribution in [-0.4, -0.2) is 19.9 Å². The number of ether oxygens (including phenoxy) is 1. The van der Waals surface area contributed by atoms with E-state index in [0.717, 1.165) is 22.7 Å². The van der Waals surface area contributed by atoms with E-state index in [2.05, 4.69) is 65.3 Å². The highest BCUT2D eigenvalue weighted by atomic mass is 16.5. The molecule has 2 N–H and O–H groups in total. The third-order valence-electron chi connectivity index (χ3n) is 5.04. The van der Waals surface area contributed by atoms with Crippen LogP contribution < -0.4 is 15.5 Å². The third kappa shape index (κ3) is 3.26. The van der Waals surface area contributed by atoms with Gasteiger partial charge >= 0.3 is 0 Å². The highest BCUT2D eigenvalue weighted by Gasteiger charge is 2.36. The fourth-order valence-corrected chi connectivity index (χ4v) is 3.72. The Morgan fingerprint density at radius 3 is 2.48 bits per heavy atom. The van der Waals surface area contributed by atoms with Gasteiger partial charge in [-0.05, 0) is 29.3 Å². The highest BCUT2D eigenvalue weighted by Crippen LogP contribution is 2.41. The Hall–Kier alpha value is -3.27. The van der Waals surface area contributed by atoms with Gasteiger partial charge in [0, 0.05) is 18.3 Å². The van der Waals surface area contributed by atoms with Crippen molar-refractivity contribution < 1.29 is 4.74 Å². The average Bonchev–Trinajstić information content (AvgIpc) is 3.19. The number of para-hydroxylation sites is 1. The van der Waals surface area contributed by atoms with Crippen LogP contribution in [0.3, 0.4) is 0 Å². The lowest BCUT2D eigenvalue weighted by Gasteiger charge is -2.24. The zero-order valence-corrected chi connectivity index (χ0v) is 15.5. The van der Waals surface area contributed by atoms with Crippen LogP contribution in [0.2, 0.25) is 0 Å². The molecule has 1 aliphatic heterocycles. The molecule has 0 aromatic heterocycles. The maximum absolute atomic E-state index is 5.42. The lowest BCUT2D eigenvalue weighted by molar-refractivity contribution is 0.414. The summed E-state index contributed by atoms with van der Waals surface area (Å²) in [6.45, 7) is 0. The molecule has 0 saturated heterocycles. The summed E-state index contributed by atoms with van der Waals surface area (Å²) in [5.41, 5.74) is 9.02. The van der Waals surface area contributed by atoms with E-state index in [4.69, 9.17) is 9.84 Å². The van der Waals surface area contributed by atoms with Gasteiger partial charge in [0.05, 0.1) is 24.8 Å². The van der Waals surface area contributed by atoms with E-state index >= 15 is 0 Å². The van der Waals surface area contributed by atoms with Gasteiger partial charge in [-0.15, -0.1) is 0 Å². The summed E-state index contributed by atoms with van der Waals surface area (Å²) < 4.78 is 5.42. The van der Waals surface area contributed by atoms with Crippen LogP contribution in [0.15, 0.2) is 84.0 Å². The number of nitrogens with one attached hydrogen (secondary N) is 2. The standard InChI is InChI=1S/C23H23N3O/c1-24-20-14-7-6-13-19(20)21-22(16-9-4-3-5-10-16)25-26-23(21)17-11-8-12-18(15-17)27-2/h3-15,21-22,24-25H,1-2H3. The number of hydrogen-bond acceptors (Lipinski definition) is 4. The zero-order valence-electron chi connectivity index (χ0n) is 15.5. The monoisotopic (exact) mass is 357 g/mol. The molecule has 0 fully saturated rings. The molecule has 0 spiro atoms. The quantitative estimate of drug-likeness (QED) is 0.703. The zero-order chi connectivity index (χ0) is 18.6. The van der Waals surface area contributed by atoms with Crippen molar-refractivity contribution >= 4 is 11.4 Å². The highest BCUT2D eigenvalue weighted by molar-refractivity contribution is 6.07. The molecule has 27 heavy (non-hydrogen) atoms. The minimum absolute atomic E-state index is 0.0712. The minimum Gasteiger partial charge on any atom is -0.497 e. The van der Waals surface area contributed by atoms with E-state index in [1.54, 1.807) is 7.11 Å². The smallest absolute Gasteiger partial charge is 0.119 e. The summed E-state index contributed by atoms with van der Waals surface area (Å²) in [5, 5.41) is 8.09. The van der Waals surface area contributed by atoms with Crippen molar-refractivity contribution in [3.63, 3.8) is 0 Å². The van der Waals surface area contributed by atoms with E-state index in [0.29, 0.717) is 0 Å². The number of hydrazone groups is 1. The van der Waals surface area contributed by atoms with Crippen molar-refractivity contribution in [3.05, 3.63) is 95.6 Å². The molecule has 2 atom stereocenters. The number of hydrogen-bond donors (Lipinski definition) is 2. The number of anilines is 1. The fourth-order valence-electron chi connectivity index (χ4n) is 3.72. The molecule has 4 heteroatoms. The predicted molar refractivity (Wildman–Crippen MR) is 111 cm³/mol. The van der Waals surface area contributed by atoms with E-state index in [9.17, 15) is 0 Å². The molecule has 1 aliphatic rings. The van der Waals surface area contributed by atoms with Crippen LogP contribution in [0.4, 0.5) is 5.69 Å². The van der Waals surface area contributed by atoms with Crippen molar-refractivity contribution in [2.24, 2.45) is 5.10 Å². The van der Waals surface area contributed by atoms with Gasteiger partial charge in [-0.25, -0.2) is 0 Å².